The van der Waals surface area contributed by atoms with Gasteiger partial charge < -0.3 is 10.6 Å². The predicted octanol–water partition coefficient (Wildman–Crippen LogP) is 3.39. The first kappa shape index (κ1) is 27.5. The molecule has 198 valence electrons. The molecule has 4 rings (SSSR count). The van der Waals surface area contributed by atoms with Gasteiger partial charge in [-0.15, -0.1) is 0 Å². The van der Waals surface area contributed by atoms with Gasteiger partial charge in [0, 0.05) is 55.1 Å². The minimum absolute atomic E-state index is 0.0604. The Bertz CT molecular complexity index is 1400. The Hall–Kier alpha value is -2.57. The lowest BCUT2D eigenvalue weighted by atomic mass is 10.1. The Morgan fingerprint density at radius 1 is 1.11 bits per heavy atom. The van der Waals surface area contributed by atoms with Gasteiger partial charge in [-0.3, -0.25) is 14.5 Å². The summed E-state index contributed by atoms with van der Waals surface area (Å²) < 4.78 is 27.5. The molecule has 2 amide bonds. The molecule has 2 heterocycles. The number of piperazine rings is 1. The van der Waals surface area contributed by atoms with E-state index in [0.29, 0.717) is 22.7 Å². The van der Waals surface area contributed by atoms with E-state index in [9.17, 15) is 18.0 Å². The number of nitrogens with zero attached hydrogens (tertiary/aromatic N) is 4. The van der Waals surface area contributed by atoms with Crippen molar-refractivity contribution < 1.29 is 18.0 Å². The number of anilines is 1. The summed E-state index contributed by atoms with van der Waals surface area (Å²) in [7, 11) is -3.48. The van der Waals surface area contributed by atoms with Crippen LogP contribution in [0.15, 0.2) is 47.4 Å². The molecule has 0 unspecified atom stereocenters. The Morgan fingerprint density at radius 2 is 1.81 bits per heavy atom. The first-order valence-electron chi connectivity index (χ1n) is 12.0. The third kappa shape index (κ3) is 6.47. The van der Waals surface area contributed by atoms with Crippen LogP contribution < -0.4 is 10.2 Å². The fourth-order valence-electron chi connectivity index (χ4n) is 4.28. The van der Waals surface area contributed by atoms with E-state index in [1.54, 1.807) is 24.3 Å². The first-order chi connectivity index (χ1) is 17.5. The number of benzene rings is 2. The van der Waals surface area contributed by atoms with Crippen LogP contribution in [-0.4, -0.2) is 79.5 Å². The average molecular weight is 564 g/mol. The highest BCUT2D eigenvalue weighted by Crippen LogP contribution is 2.32. The van der Waals surface area contributed by atoms with E-state index < -0.39 is 21.7 Å². The second-order valence-electron chi connectivity index (χ2n) is 9.30. The van der Waals surface area contributed by atoms with Crippen LogP contribution >= 0.6 is 23.1 Å². The third-order valence-corrected chi connectivity index (χ3v) is 9.69. The second kappa shape index (κ2) is 11.4. The average Bonchev–Trinajstić information content (AvgIpc) is 3.31. The number of halogens is 1. The molecule has 1 fully saturated rings. The molecule has 0 atom stereocenters. The summed E-state index contributed by atoms with van der Waals surface area (Å²) in [6, 6.07) is 11.2. The summed E-state index contributed by atoms with van der Waals surface area (Å²) in [6.45, 7) is 9.05. The van der Waals surface area contributed by atoms with Crippen molar-refractivity contribution in [1.29, 1.82) is 0 Å². The molecule has 0 bridgehead atoms. The number of rotatable bonds is 9. The number of hydrogen-bond donors (Lipinski definition) is 1. The lowest BCUT2D eigenvalue weighted by Gasteiger charge is -2.36. The molecule has 1 aliphatic rings. The van der Waals surface area contributed by atoms with E-state index in [1.807, 2.05) is 0 Å². The van der Waals surface area contributed by atoms with Crippen molar-refractivity contribution in [2.75, 3.05) is 42.9 Å². The summed E-state index contributed by atoms with van der Waals surface area (Å²) in [5, 5.41) is 0.196. The van der Waals surface area contributed by atoms with E-state index in [4.69, 9.17) is 17.5 Å². The van der Waals surface area contributed by atoms with Crippen LogP contribution in [0.3, 0.4) is 0 Å². The van der Waals surface area contributed by atoms with Crippen molar-refractivity contribution >= 4 is 60.1 Å². The van der Waals surface area contributed by atoms with Crippen molar-refractivity contribution in [2.45, 2.75) is 31.2 Å². The molecule has 1 aromatic heterocycles. The van der Waals surface area contributed by atoms with Crippen LogP contribution in [-0.2, 0) is 9.84 Å². The Morgan fingerprint density at radius 3 is 2.49 bits per heavy atom. The van der Waals surface area contributed by atoms with Crippen molar-refractivity contribution in [3.05, 3.63) is 53.6 Å². The number of fused-ring (bicyclic) bond motifs is 1. The van der Waals surface area contributed by atoms with E-state index in [-0.39, 0.29) is 26.9 Å². The summed E-state index contributed by atoms with van der Waals surface area (Å²) >= 11 is 7.39. The number of aromatic nitrogens is 1. The Kier molecular flexibility index (Phi) is 8.49. The van der Waals surface area contributed by atoms with Gasteiger partial charge in [0.2, 0.25) is 11.0 Å². The molecule has 37 heavy (non-hydrogen) atoms. The number of thiazole rings is 1. The highest BCUT2D eigenvalue weighted by atomic mass is 35.5. The SMILES string of the molecule is CC(C)N1CCN(CCCS(=O)(=O)c2ccc3nc(N(Cl)C(=O)c4cccc(C(N)=O)c4)sc3c2)CC1. The quantitative estimate of drug-likeness (QED) is 0.397. The van der Waals surface area contributed by atoms with Crippen molar-refractivity contribution in [3.8, 4) is 0 Å². The largest absolute Gasteiger partial charge is 0.366 e. The van der Waals surface area contributed by atoms with Gasteiger partial charge in [-0.05, 0) is 63.2 Å². The molecule has 12 heteroatoms. The minimum atomic E-state index is -3.48. The van der Waals surface area contributed by atoms with E-state index >= 15 is 0 Å². The number of hydrogen-bond acceptors (Lipinski definition) is 8. The molecule has 2 aromatic carbocycles. The molecular formula is C25H30ClN5O4S2. The monoisotopic (exact) mass is 563 g/mol. The lowest BCUT2D eigenvalue weighted by Crippen LogP contribution is -2.49. The van der Waals surface area contributed by atoms with Gasteiger partial charge in [0.15, 0.2) is 9.84 Å². The zero-order valence-electron chi connectivity index (χ0n) is 20.8. The Balaban J connectivity index is 1.41. The fraction of sp³-hybridized carbons (Fsp3) is 0.400. The van der Waals surface area contributed by atoms with Gasteiger partial charge in [0.05, 0.1) is 20.9 Å². The third-order valence-electron chi connectivity index (χ3n) is 6.47. The minimum Gasteiger partial charge on any atom is -0.366 e. The van der Waals surface area contributed by atoms with Gasteiger partial charge in [-0.1, -0.05) is 17.4 Å². The van der Waals surface area contributed by atoms with Gasteiger partial charge in [0.25, 0.3) is 5.91 Å². The van der Waals surface area contributed by atoms with Crippen LogP contribution in [0.4, 0.5) is 5.13 Å². The maximum atomic E-state index is 13.0. The van der Waals surface area contributed by atoms with E-state index in [0.717, 1.165) is 48.5 Å². The predicted molar refractivity (Wildman–Crippen MR) is 147 cm³/mol. The molecule has 0 radical (unpaired) electrons. The second-order valence-corrected chi connectivity index (χ2v) is 12.8. The van der Waals surface area contributed by atoms with Gasteiger partial charge in [-0.25, -0.2) is 13.4 Å². The van der Waals surface area contributed by atoms with Crippen LogP contribution in [0.1, 0.15) is 41.0 Å². The smallest absolute Gasteiger partial charge is 0.274 e. The van der Waals surface area contributed by atoms with Crippen molar-refractivity contribution in [1.82, 2.24) is 14.8 Å². The van der Waals surface area contributed by atoms with Crippen molar-refractivity contribution in [2.24, 2.45) is 5.73 Å². The molecule has 9 nitrogen and oxygen atoms in total. The molecule has 2 N–H and O–H groups in total. The molecule has 0 spiro atoms. The van der Waals surface area contributed by atoms with Crippen LogP contribution in [0.2, 0.25) is 0 Å². The first-order valence-corrected chi connectivity index (χ1v) is 14.9. The summed E-state index contributed by atoms with van der Waals surface area (Å²) in [5.41, 5.74) is 6.19. The van der Waals surface area contributed by atoms with Crippen molar-refractivity contribution in [3.63, 3.8) is 0 Å². The number of primary amides is 1. The molecule has 1 saturated heterocycles. The van der Waals surface area contributed by atoms with E-state index in [2.05, 4.69) is 28.6 Å². The van der Waals surface area contributed by atoms with Crippen LogP contribution in [0.5, 0.6) is 0 Å². The number of carbonyl (C=O) groups is 2. The van der Waals surface area contributed by atoms with Gasteiger partial charge in [-0.2, -0.15) is 4.42 Å². The highest BCUT2D eigenvalue weighted by molar-refractivity contribution is 7.91. The number of carbonyl (C=O) groups excluding carboxylic acids is 2. The van der Waals surface area contributed by atoms with Gasteiger partial charge in [0.1, 0.15) is 0 Å². The summed E-state index contributed by atoms with van der Waals surface area (Å²) in [4.78, 5) is 33.6. The summed E-state index contributed by atoms with van der Waals surface area (Å²) in [5.74, 6) is -1.17. The molecule has 3 aromatic rings. The molecular weight excluding hydrogens is 534 g/mol. The standard InChI is InChI=1S/C25H30ClN5O4S2/c1-17(2)30-12-10-29(11-13-30)9-4-14-37(34,35)20-7-8-21-22(16-20)36-25(28-21)31(26)24(33)19-6-3-5-18(15-19)23(27)32/h3,5-8,15-17H,4,9-14H2,1-2H3,(H2,27,32). The molecule has 1 aliphatic heterocycles. The number of nitrogens with two attached hydrogens (primary N) is 1. The fourth-order valence-corrected chi connectivity index (χ4v) is 6.81. The Labute approximate surface area is 225 Å². The van der Waals surface area contributed by atoms with Crippen LogP contribution in [0.25, 0.3) is 10.2 Å². The molecule has 0 aliphatic carbocycles. The number of sulfone groups is 1. The zero-order valence-corrected chi connectivity index (χ0v) is 23.2. The summed E-state index contributed by atoms with van der Waals surface area (Å²) in [6.07, 6.45) is 0.560. The normalized spacial score (nSPS) is 15.4. The maximum absolute atomic E-state index is 13.0. The maximum Gasteiger partial charge on any atom is 0.274 e. The van der Waals surface area contributed by atoms with Gasteiger partial charge >= 0.3 is 0 Å². The number of amides is 2. The zero-order chi connectivity index (χ0) is 26.7. The highest BCUT2D eigenvalue weighted by Gasteiger charge is 2.23. The molecule has 0 saturated carbocycles. The topological polar surface area (TPSA) is 117 Å². The lowest BCUT2D eigenvalue weighted by molar-refractivity contribution is 0.1000. The van der Waals surface area contributed by atoms with E-state index in [1.165, 1.54) is 18.2 Å². The van der Waals surface area contributed by atoms with Crippen LogP contribution in [0, 0.1) is 0 Å².